The van der Waals surface area contributed by atoms with E-state index in [1.807, 2.05) is 89.5 Å². The van der Waals surface area contributed by atoms with E-state index in [9.17, 15) is 21.0 Å². The molecule has 0 saturated heterocycles. The summed E-state index contributed by atoms with van der Waals surface area (Å²) in [5.41, 5.74) is 1.82. The Hall–Kier alpha value is -3.92. The van der Waals surface area contributed by atoms with Gasteiger partial charge in [0.25, 0.3) is 0 Å². The van der Waals surface area contributed by atoms with Crippen molar-refractivity contribution in [2.45, 2.75) is 0 Å². The quantitative estimate of drug-likeness (QED) is 0.154. The lowest BCUT2D eigenvalue weighted by Gasteiger charge is -2.14. The van der Waals surface area contributed by atoms with Gasteiger partial charge in [-0.25, -0.2) is 0 Å². The van der Waals surface area contributed by atoms with Crippen LogP contribution in [0.3, 0.4) is 0 Å². The van der Waals surface area contributed by atoms with Crippen molar-refractivity contribution < 1.29 is 0 Å². The molecule has 0 bridgehead atoms. The molecule has 0 unspecified atom stereocenters. The minimum absolute atomic E-state index is 0.0222. The van der Waals surface area contributed by atoms with Crippen LogP contribution in [0.2, 0.25) is 0 Å². The summed E-state index contributed by atoms with van der Waals surface area (Å²) in [6.45, 7) is 0. The first kappa shape index (κ1) is 38.9. The average molecular weight is 867 g/mol. The van der Waals surface area contributed by atoms with Crippen molar-refractivity contribution in [2.75, 3.05) is 25.0 Å². The van der Waals surface area contributed by atoms with Gasteiger partial charge in [0.1, 0.15) is 35.4 Å². The minimum atomic E-state index is -0.0259. The highest BCUT2D eigenvalue weighted by molar-refractivity contribution is 8.46. The fraction of sp³-hybridized carbons (Fsp3) is 0.0909. The van der Waals surface area contributed by atoms with E-state index in [0.717, 1.165) is 16.5 Å². The van der Waals surface area contributed by atoms with Crippen molar-refractivity contribution in [2.24, 2.45) is 0 Å². The van der Waals surface area contributed by atoms with Gasteiger partial charge >= 0.3 is 0 Å². The zero-order valence-corrected chi connectivity index (χ0v) is 36.7. The van der Waals surface area contributed by atoms with Gasteiger partial charge in [-0.15, -0.1) is 47.0 Å². The van der Waals surface area contributed by atoms with Crippen LogP contribution in [0.15, 0.2) is 102 Å². The van der Waals surface area contributed by atoms with Gasteiger partial charge in [-0.05, 0) is 91.4 Å². The molecule has 6 aromatic rings. The Bertz CT molecular complexity index is 3180. The third-order valence-electron chi connectivity index (χ3n) is 9.55. The number of hydrogen-bond acceptors (Lipinski definition) is 12. The van der Waals surface area contributed by atoms with E-state index in [4.69, 9.17) is 0 Å². The van der Waals surface area contributed by atoms with Gasteiger partial charge in [0.05, 0.1) is 25.4 Å². The monoisotopic (exact) mass is 866 g/mol. The van der Waals surface area contributed by atoms with E-state index < -0.39 is 0 Å². The lowest BCUT2D eigenvalue weighted by Crippen LogP contribution is -2.18. The molecule has 0 aliphatic carbocycles. The third-order valence-corrected chi connectivity index (χ3v) is 20.0. The fourth-order valence-electron chi connectivity index (χ4n) is 7.22. The SMILES string of the molecule is CSC1=C(SC)SC(=c2c3ccccc3c(=C3SC(SC)=C(SC)S3)c3cc(-c4ccc5c(=C(C#N)C#N)c6ccccc6c(=C(C#N)C#N)c5c4)ccc23)S1. The van der Waals surface area contributed by atoms with Gasteiger partial charge < -0.3 is 0 Å². The first-order valence-electron chi connectivity index (χ1n) is 16.9. The van der Waals surface area contributed by atoms with Crippen LogP contribution in [-0.4, -0.2) is 25.0 Å². The Morgan fingerprint density at radius 2 is 0.732 bits per heavy atom. The van der Waals surface area contributed by atoms with E-state index in [1.54, 1.807) is 47.0 Å². The molecule has 0 radical (unpaired) electrons. The molecule has 0 amide bonds. The molecule has 0 aromatic heterocycles. The Labute approximate surface area is 357 Å². The number of hydrogen-bond donors (Lipinski definition) is 0. The number of thioether (sulfide) groups is 8. The van der Waals surface area contributed by atoms with Crippen LogP contribution in [0.5, 0.6) is 0 Å². The van der Waals surface area contributed by atoms with Gasteiger partial charge in [0, 0.05) is 20.9 Å². The molecular formula is C44H26N4S8. The second-order valence-electron chi connectivity index (χ2n) is 12.3. The lowest BCUT2D eigenvalue weighted by molar-refractivity contribution is 1.50. The third kappa shape index (κ3) is 6.51. The van der Waals surface area contributed by atoms with Crippen LogP contribution in [-0.2, 0) is 0 Å². The zero-order chi connectivity index (χ0) is 39.1. The average Bonchev–Trinajstić information content (AvgIpc) is 3.87. The summed E-state index contributed by atoms with van der Waals surface area (Å²) in [7, 11) is 0. The maximum absolute atomic E-state index is 10.2. The van der Waals surface area contributed by atoms with Crippen LogP contribution >= 0.6 is 94.1 Å². The maximum Gasteiger partial charge on any atom is 0.138 e. The van der Waals surface area contributed by atoms with Crippen molar-refractivity contribution in [3.05, 3.63) is 123 Å². The summed E-state index contributed by atoms with van der Waals surface area (Å²) >= 11 is 14.6. The van der Waals surface area contributed by atoms with Crippen molar-refractivity contribution >= 4 is 157 Å². The minimum Gasteiger partial charge on any atom is -0.192 e. The predicted octanol–water partition coefficient (Wildman–Crippen LogP) is 11.2. The van der Waals surface area contributed by atoms with Gasteiger partial charge in [-0.2, -0.15) is 21.0 Å². The molecule has 2 aliphatic rings. The molecule has 0 spiro atoms. The molecule has 0 N–H and O–H groups in total. The second-order valence-corrected chi connectivity index (χ2v) is 21.2. The van der Waals surface area contributed by atoms with Gasteiger partial charge in [-0.3, -0.25) is 0 Å². The van der Waals surface area contributed by atoms with Gasteiger partial charge in [0.2, 0.25) is 0 Å². The molecule has 2 aliphatic heterocycles. The van der Waals surface area contributed by atoms with E-state index in [-0.39, 0.29) is 11.1 Å². The standard InChI is InChI=1S/C44H26N4S8/c1-49-41-42(50-2)54-39(53-41)37-29-11-7-8-12-30(29)38(40-55-43(51-3)44(52-4)56-40)34-18-24(14-16-32(34)37)23-13-15-31-33(17-23)36(26(21-47)22-48)28-10-6-5-9-27(28)35(31)25(19-45)20-46/h5-18H,1-4H3. The highest BCUT2D eigenvalue weighted by atomic mass is 32.3. The Balaban J connectivity index is 1.52. The van der Waals surface area contributed by atoms with Crippen molar-refractivity contribution in [1.82, 2.24) is 0 Å². The molecule has 4 nitrogen and oxygen atoms in total. The number of nitriles is 4. The summed E-state index contributed by atoms with van der Waals surface area (Å²) in [5.74, 6) is 0. The highest BCUT2D eigenvalue weighted by Crippen LogP contribution is 2.58. The van der Waals surface area contributed by atoms with Gasteiger partial charge in [0.15, 0.2) is 0 Å². The Kier molecular flexibility index (Phi) is 11.5. The smallest absolute Gasteiger partial charge is 0.138 e. The van der Waals surface area contributed by atoms with E-state index in [2.05, 4.69) is 91.8 Å². The molecular weight excluding hydrogens is 841 g/mol. The van der Waals surface area contributed by atoms with Crippen molar-refractivity contribution in [3.63, 3.8) is 0 Å². The van der Waals surface area contributed by atoms with Crippen molar-refractivity contribution in [1.29, 1.82) is 21.0 Å². The zero-order valence-electron chi connectivity index (χ0n) is 30.1. The van der Waals surface area contributed by atoms with E-state index in [0.29, 0.717) is 32.0 Å². The fourth-order valence-corrected chi connectivity index (χ4v) is 17.5. The summed E-state index contributed by atoms with van der Waals surface area (Å²) in [6, 6.07) is 37.2. The summed E-state index contributed by atoms with van der Waals surface area (Å²) < 4.78 is 7.79. The predicted molar refractivity (Wildman–Crippen MR) is 255 cm³/mol. The molecule has 8 rings (SSSR count). The van der Waals surface area contributed by atoms with Gasteiger partial charge in [-0.1, -0.05) is 120 Å². The summed E-state index contributed by atoms with van der Waals surface area (Å²) in [4.78, 5) is 0. The second kappa shape index (κ2) is 16.5. The van der Waals surface area contributed by atoms with Crippen LogP contribution in [0.25, 0.3) is 73.8 Å². The number of nitrogens with zero attached hydrogens (tertiary/aromatic N) is 4. The number of benzene rings is 6. The number of rotatable bonds is 5. The molecule has 2 heterocycles. The van der Waals surface area contributed by atoms with Crippen molar-refractivity contribution in [3.8, 4) is 35.4 Å². The lowest BCUT2D eigenvalue weighted by atomic mass is 9.90. The molecule has 0 saturated carbocycles. The highest BCUT2D eigenvalue weighted by Gasteiger charge is 2.26. The van der Waals surface area contributed by atoms with Crippen LogP contribution in [0, 0.1) is 45.3 Å². The van der Waals surface area contributed by atoms with Crippen LogP contribution in [0.4, 0.5) is 0 Å². The normalized spacial score (nSPS) is 14.1. The summed E-state index contributed by atoms with van der Waals surface area (Å²) in [5, 5.41) is 51.3. The topological polar surface area (TPSA) is 95.2 Å². The Morgan fingerprint density at radius 1 is 0.411 bits per heavy atom. The Morgan fingerprint density at radius 3 is 1.14 bits per heavy atom. The molecule has 0 fully saturated rings. The molecule has 6 aromatic carbocycles. The first-order valence-corrected chi connectivity index (χ1v) is 25.0. The van der Waals surface area contributed by atoms with E-state index >= 15 is 0 Å². The maximum atomic E-state index is 10.2. The van der Waals surface area contributed by atoms with Crippen LogP contribution in [0.1, 0.15) is 0 Å². The number of fused-ring (bicyclic) bond motifs is 4. The molecule has 56 heavy (non-hydrogen) atoms. The largest absolute Gasteiger partial charge is 0.192 e. The molecule has 0 atom stereocenters. The molecule has 270 valence electrons. The summed E-state index contributed by atoms with van der Waals surface area (Å²) in [6.07, 6.45) is 8.57. The van der Waals surface area contributed by atoms with Crippen LogP contribution < -0.4 is 20.9 Å². The first-order chi connectivity index (χ1) is 27.4. The van der Waals surface area contributed by atoms with E-state index in [1.165, 1.54) is 52.0 Å². The molecule has 12 heteroatoms.